The van der Waals surface area contributed by atoms with E-state index in [1.807, 2.05) is 0 Å². The monoisotopic (exact) mass is 277 g/mol. The first-order valence-electron chi connectivity index (χ1n) is 5.34. The van der Waals surface area contributed by atoms with E-state index in [-0.39, 0.29) is 16.0 Å². The molecular weight excluding hydrogens is 266 g/mol. The first kappa shape index (κ1) is 13.0. The minimum absolute atomic E-state index is 0.00608. The summed E-state index contributed by atoms with van der Waals surface area (Å²) in [6, 6.07) is 8.42. The van der Waals surface area contributed by atoms with E-state index in [2.05, 4.69) is 15.5 Å². The van der Waals surface area contributed by atoms with Gasteiger partial charge in [0.15, 0.2) is 5.82 Å². The van der Waals surface area contributed by atoms with Crippen molar-refractivity contribution >= 4 is 29.7 Å². The molecule has 0 aliphatic rings. The van der Waals surface area contributed by atoms with Crippen molar-refractivity contribution < 1.29 is 14.6 Å². The van der Waals surface area contributed by atoms with Crippen molar-refractivity contribution in [1.82, 2.24) is 10.2 Å². The molecule has 7 heteroatoms. The van der Waals surface area contributed by atoms with Gasteiger partial charge in [-0.3, -0.25) is 5.10 Å². The number of aromatic amines is 1. The van der Waals surface area contributed by atoms with Crippen LogP contribution in [0.4, 0.5) is 11.5 Å². The zero-order valence-corrected chi connectivity index (χ0v) is 10.8. The molecule has 0 fully saturated rings. The number of methoxy groups -OCH3 is 1. The van der Waals surface area contributed by atoms with Crippen LogP contribution in [0.3, 0.4) is 0 Å². The Morgan fingerprint density at radius 1 is 1.47 bits per heavy atom. The van der Waals surface area contributed by atoms with Crippen LogP contribution in [0, 0.1) is 4.64 Å². The molecule has 6 nitrogen and oxygen atoms in total. The molecule has 98 valence electrons. The lowest BCUT2D eigenvalue weighted by Gasteiger charge is -2.09. The molecule has 0 amide bonds. The van der Waals surface area contributed by atoms with E-state index in [4.69, 9.17) is 22.1 Å². The Hall–Kier alpha value is -2.41. The minimum atomic E-state index is -1.10. The van der Waals surface area contributed by atoms with E-state index >= 15 is 0 Å². The minimum Gasteiger partial charge on any atom is -0.497 e. The zero-order chi connectivity index (χ0) is 13.8. The SMILES string of the molecule is COc1cccc(Nc2n[nH]c(=S)cc2C(=O)O)c1. The molecule has 2 aromatic rings. The highest BCUT2D eigenvalue weighted by Crippen LogP contribution is 2.22. The molecule has 0 atom stereocenters. The molecule has 19 heavy (non-hydrogen) atoms. The number of carbonyl (C=O) groups is 1. The number of nitrogens with zero attached hydrogens (tertiary/aromatic N) is 1. The number of benzene rings is 1. The maximum absolute atomic E-state index is 11.1. The standard InChI is InChI=1S/C12H11N3O3S/c1-18-8-4-2-3-7(5-8)13-11-9(12(16)17)6-10(19)14-15-11/h2-6H,1H3,(H,13,15)(H,14,19)(H,16,17). The third-order valence-corrected chi connectivity index (χ3v) is 2.58. The first-order chi connectivity index (χ1) is 9.10. The fourth-order valence-corrected chi connectivity index (χ4v) is 1.66. The van der Waals surface area contributed by atoms with Gasteiger partial charge < -0.3 is 15.2 Å². The van der Waals surface area contributed by atoms with E-state index in [1.165, 1.54) is 6.07 Å². The van der Waals surface area contributed by atoms with Crippen LogP contribution in [0.15, 0.2) is 30.3 Å². The van der Waals surface area contributed by atoms with Gasteiger partial charge in [-0.2, -0.15) is 5.10 Å². The Morgan fingerprint density at radius 3 is 2.95 bits per heavy atom. The van der Waals surface area contributed by atoms with Crippen LogP contribution >= 0.6 is 12.2 Å². The third kappa shape index (κ3) is 3.08. The summed E-state index contributed by atoms with van der Waals surface area (Å²) in [7, 11) is 1.56. The Labute approximate surface area is 114 Å². The molecule has 0 bridgehead atoms. The highest BCUT2D eigenvalue weighted by Gasteiger charge is 2.12. The van der Waals surface area contributed by atoms with E-state index < -0.39 is 5.97 Å². The van der Waals surface area contributed by atoms with E-state index in [1.54, 1.807) is 31.4 Å². The highest BCUT2D eigenvalue weighted by molar-refractivity contribution is 7.71. The average Bonchev–Trinajstić information content (AvgIpc) is 2.41. The highest BCUT2D eigenvalue weighted by atomic mass is 32.1. The predicted octanol–water partition coefficient (Wildman–Crippen LogP) is 2.59. The maximum atomic E-state index is 11.1. The summed E-state index contributed by atoms with van der Waals surface area (Å²) in [5.74, 6) is -0.252. The smallest absolute Gasteiger partial charge is 0.339 e. The molecule has 2 rings (SSSR count). The molecule has 0 unspecified atom stereocenters. The second kappa shape index (κ2) is 5.49. The van der Waals surface area contributed by atoms with Crippen LogP contribution in [0.1, 0.15) is 10.4 Å². The lowest BCUT2D eigenvalue weighted by Crippen LogP contribution is -2.06. The quantitative estimate of drug-likeness (QED) is 0.745. The number of anilines is 2. The zero-order valence-electron chi connectivity index (χ0n) is 10.0. The van der Waals surface area contributed by atoms with Gasteiger partial charge in [0.1, 0.15) is 16.0 Å². The maximum Gasteiger partial charge on any atom is 0.339 e. The number of aromatic nitrogens is 2. The Kier molecular flexibility index (Phi) is 3.76. The number of ether oxygens (including phenoxy) is 1. The van der Waals surface area contributed by atoms with Gasteiger partial charge in [0.2, 0.25) is 0 Å². The van der Waals surface area contributed by atoms with Crippen LogP contribution in [-0.4, -0.2) is 28.4 Å². The molecule has 1 aromatic heterocycles. The topological polar surface area (TPSA) is 87.2 Å². The fourth-order valence-electron chi connectivity index (χ4n) is 1.50. The number of hydrogen-bond acceptors (Lipinski definition) is 5. The van der Waals surface area contributed by atoms with Crippen LogP contribution in [0.5, 0.6) is 5.75 Å². The largest absolute Gasteiger partial charge is 0.497 e. The number of carboxylic acid groups (broad SMARTS) is 1. The summed E-state index contributed by atoms with van der Waals surface area (Å²) in [4.78, 5) is 11.1. The Balaban J connectivity index is 2.37. The van der Waals surface area contributed by atoms with Crippen LogP contribution in [-0.2, 0) is 0 Å². The molecule has 0 saturated carbocycles. The summed E-state index contributed by atoms with van der Waals surface area (Å²) < 4.78 is 5.35. The third-order valence-electron chi connectivity index (χ3n) is 2.37. The van der Waals surface area contributed by atoms with Gasteiger partial charge in [-0.1, -0.05) is 18.3 Å². The second-order valence-corrected chi connectivity index (χ2v) is 4.10. The van der Waals surface area contributed by atoms with Gasteiger partial charge in [-0.05, 0) is 18.2 Å². The summed E-state index contributed by atoms with van der Waals surface area (Å²) in [6.07, 6.45) is 0. The molecule has 0 radical (unpaired) electrons. The van der Waals surface area contributed by atoms with Crippen molar-refractivity contribution in [3.8, 4) is 5.75 Å². The Bertz CT molecular complexity index is 669. The molecular formula is C12H11N3O3S. The van der Waals surface area contributed by atoms with Crippen molar-refractivity contribution in [1.29, 1.82) is 0 Å². The summed E-state index contributed by atoms with van der Waals surface area (Å²) in [5, 5.41) is 18.5. The predicted molar refractivity (Wildman–Crippen MR) is 72.7 cm³/mol. The van der Waals surface area contributed by atoms with E-state index in [9.17, 15) is 4.79 Å². The van der Waals surface area contributed by atoms with Crippen molar-refractivity contribution in [2.45, 2.75) is 0 Å². The average molecular weight is 277 g/mol. The molecule has 0 aliphatic carbocycles. The normalized spacial score (nSPS) is 9.95. The van der Waals surface area contributed by atoms with E-state index in [0.29, 0.717) is 11.4 Å². The Morgan fingerprint density at radius 2 is 2.26 bits per heavy atom. The summed E-state index contributed by atoms with van der Waals surface area (Å²) in [6.45, 7) is 0. The molecule has 3 N–H and O–H groups in total. The molecule has 0 saturated heterocycles. The van der Waals surface area contributed by atoms with Crippen LogP contribution in [0.25, 0.3) is 0 Å². The van der Waals surface area contributed by atoms with Gasteiger partial charge in [0, 0.05) is 11.8 Å². The van der Waals surface area contributed by atoms with Crippen LogP contribution in [0.2, 0.25) is 0 Å². The van der Waals surface area contributed by atoms with Crippen molar-refractivity contribution in [2.24, 2.45) is 0 Å². The fraction of sp³-hybridized carbons (Fsp3) is 0.0833. The number of nitrogens with one attached hydrogen (secondary N) is 2. The first-order valence-corrected chi connectivity index (χ1v) is 5.75. The summed E-state index contributed by atoms with van der Waals surface area (Å²) in [5.41, 5.74) is 0.673. The van der Waals surface area contributed by atoms with Crippen LogP contribution < -0.4 is 10.1 Å². The number of rotatable bonds is 4. The summed E-state index contributed by atoms with van der Waals surface area (Å²) >= 11 is 4.85. The van der Waals surface area contributed by atoms with E-state index in [0.717, 1.165) is 0 Å². The number of aromatic carboxylic acids is 1. The number of H-pyrrole nitrogens is 1. The molecule has 0 spiro atoms. The van der Waals surface area contributed by atoms with Crippen molar-refractivity contribution in [2.75, 3.05) is 12.4 Å². The molecule has 0 aliphatic heterocycles. The number of hydrogen-bond donors (Lipinski definition) is 3. The van der Waals surface area contributed by atoms with Gasteiger partial charge >= 0.3 is 5.97 Å². The lowest BCUT2D eigenvalue weighted by atomic mass is 10.2. The molecule has 1 heterocycles. The van der Waals surface area contributed by atoms with Crippen molar-refractivity contribution in [3.05, 3.63) is 40.5 Å². The van der Waals surface area contributed by atoms with Gasteiger partial charge in [0.05, 0.1) is 7.11 Å². The molecule has 1 aromatic carbocycles. The van der Waals surface area contributed by atoms with Crippen molar-refractivity contribution in [3.63, 3.8) is 0 Å². The van der Waals surface area contributed by atoms with Gasteiger partial charge in [-0.15, -0.1) is 0 Å². The van der Waals surface area contributed by atoms with Gasteiger partial charge in [-0.25, -0.2) is 4.79 Å². The second-order valence-electron chi connectivity index (χ2n) is 3.66. The lowest BCUT2D eigenvalue weighted by molar-refractivity contribution is 0.0697. The van der Waals surface area contributed by atoms with Gasteiger partial charge in [0.25, 0.3) is 0 Å². The number of carboxylic acids is 1.